The van der Waals surface area contributed by atoms with Crippen LogP contribution in [-0.4, -0.2) is 43.7 Å². The molecular formula is C15H28NO2+. The average molecular weight is 254 g/mol. The number of methoxy groups -OCH3 is 1. The number of ether oxygens (including phenoxy) is 1. The van der Waals surface area contributed by atoms with Gasteiger partial charge < -0.3 is 9.22 Å². The van der Waals surface area contributed by atoms with Crippen molar-refractivity contribution in [2.45, 2.75) is 51.5 Å². The van der Waals surface area contributed by atoms with Crippen molar-refractivity contribution in [3.05, 3.63) is 12.2 Å². The van der Waals surface area contributed by atoms with Crippen LogP contribution in [-0.2, 0) is 9.53 Å². The molecule has 1 aliphatic rings. The van der Waals surface area contributed by atoms with Gasteiger partial charge in [0.25, 0.3) is 0 Å². The summed E-state index contributed by atoms with van der Waals surface area (Å²) >= 11 is 0. The molecule has 104 valence electrons. The SMILES string of the molecule is CCCCCCC(C(=O)OC)[N+]1(C)CC=CCC1. The smallest absolute Gasteiger partial charge is 0.364 e. The minimum atomic E-state index is -0.0377. The van der Waals surface area contributed by atoms with E-state index in [2.05, 4.69) is 26.1 Å². The highest BCUT2D eigenvalue weighted by atomic mass is 16.5. The van der Waals surface area contributed by atoms with Gasteiger partial charge in [-0.1, -0.05) is 32.3 Å². The molecule has 0 aromatic carbocycles. The molecule has 1 heterocycles. The van der Waals surface area contributed by atoms with Crippen molar-refractivity contribution in [1.29, 1.82) is 0 Å². The van der Waals surface area contributed by atoms with Gasteiger partial charge in [0.05, 0.1) is 27.2 Å². The van der Waals surface area contributed by atoms with Gasteiger partial charge in [-0.25, -0.2) is 4.79 Å². The number of quaternary nitrogens is 1. The van der Waals surface area contributed by atoms with E-state index in [0.29, 0.717) is 0 Å². The minimum absolute atomic E-state index is 0.0109. The molecule has 18 heavy (non-hydrogen) atoms. The first kappa shape index (κ1) is 15.2. The Morgan fingerprint density at radius 3 is 2.67 bits per heavy atom. The van der Waals surface area contributed by atoms with E-state index in [0.717, 1.165) is 36.8 Å². The van der Waals surface area contributed by atoms with E-state index in [9.17, 15) is 4.79 Å². The second-order valence-electron chi connectivity index (χ2n) is 5.53. The number of carbonyl (C=O) groups is 1. The molecule has 0 amide bonds. The van der Waals surface area contributed by atoms with Crippen molar-refractivity contribution < 1.29 is 14.0 Å². The van der Waals surface area contributed by atoms with E-state index in [1.807, 2.05) is 0 Å². The molecule has 2 unspecified atom stereocenters. The Kier molecular flexibility index (Phi) is 6.41. The Labute approximate surface area is 111 Å². The van der Waals surface area contributed by atoms with Crippen LogP contribution in [0.2, 0.25) is 0 Å². The molecule has 0 aliphatic carbocycles. The lowest BCUT2D eigenvalue weighted by atomic mass is 10.0. The van der Waals surface area contributed by atoms with E-state index in [1.165, 1.54) is 26.4 Å². The van der Waals surface area contributed by atoms with Crippen LogP contribution in [0.25, 0.3) is 0 Å². The minimum Gasteiger partial charge on any atom is -0.465 e. The molecule has 0 saturated heterocycles. The van der Waals surface area contributed by atoms with Gasteiger partial charge in [0.2, 0.25) is 0 Å². The Hall–Kier alpha value is -0.830. The van der Waals surface area contributed by atoms with E-state index >= 15 is 0 Å². The summed E-state index contributed by atoms with van der Waals surface area (Å²) in [5, 5.41) is 0. The summed E-state index contributed by atoms with van der Waals surface area (Å²) in [5.74, 6) is -0.0377. The molecule has 0 aromatic rings. The second-order valence-corrected chi connectivity index (χ2v) is 5.53. The summed E-state index contributed by atoms with van der Waals surface area (Å²) in [4.78, 5) is 12.0. The Morgan fingerprint density at radius 2 is 2.11 bits per heavy atom. The van der Waals surface area contributed by atoms with Gasteiger partial charge in [-0.3, -0.25) is 0 Å². The topological polar surface area (TPSA) is 26.3 Å². The normalized spacial score (nSPS) is 24.8. The molecule has 0 spiro atoms. The average Bonchev–Trinajstić information content (AvgIpc) is 2.38. The summed E-state index contributed by atoms with van der Waals surface area (Å²) in [6, 6.07) is 0.0109. The van der Waals surface area contributed by atoms with Crippen LogP contribution in [0.3, 0.4) is 0 Å². The van der Waals surface area contributed by atoms with Crippen LogP contribution in [0.4, 0.5) is 0 Å². The van der Waals surface area contributed by atoms with Gasteiger partial charge in [0, 0.05) is 12.8 Å². The van der Waals surface area contributed by atoms with Crippen molar-refractivity contribution in [3.8, 4) is 0 Å². The highest BCUT2D eigenvalue weighted by Crippen LogP contribution is 2.22. The lowest BCUT2D eigenvalue weighted by Gasteiger charge is -2.40. The predicted molar refractivity (Wildman–Crippen MR) is 74.2 cm³/mol. The van der Waals surface area contributed by atoms with Gasteiger partial charge in [-0.05, 0) is 12.5 Å². The molecule has 0 N–H and O–H groups in total. The van der Waals surface area contributed by atoms with Gasteiger partial charge in [-0.15, -0.1) is 0 Å². The highest BCUT2D eigenvalue weighted by molar-refractivity contribution is 5.74. The Morgan fingerprint density at radius 1 is 1.33 bits per heavy atom. The van der Waals surface area contributed by atoms with Crippen molar-refractivity contribution in [1.82, 2.24) is 0 Å². The van der Waals surface area contributed by atoms with Crippen molar-refractivity contribution in [3.63, 3.8) is 0 Å². The zero-order valence-corrected chi connectivity index (χ0v) is 12.2. The van der Waals surface area contributed by atoms with Gasteiger partial charge >= 0.3 is 5.97 Å². The summed E-state index contributed by atoms with van der Waals surface area (Å²) < 4.78 is 5.82. The maximum absolute atomic E-state index is 12.0. The molecule has 0 radical (unpaired) electrons. The molecule has 2 atom stereocenters. The number of esters is 1. The Bertz CT molecular complexity index is 288. The van der Waals surface area contributed by atoms with E-state index in [4.69, 9.17) is 4.74 Å². The van der Waals surface area contributed by atoms with Crippen LogP contribution in [0.15, 0.2) is 12.2 Å². The van der Waals surface area contributed by atoms with E-state index < -0.39 is 0 Å². The van der Waals surface area contributed by atoms with Gasteiger partial charge in [0.1, 0.15) is 0 Å². The van der Waals surface area contributed by atoms with Gasteiger partial charge in [-0.2, -0.15) is 0 Å². The number of nitrogens with zero attached hydrogens (tertiary/aromatic N) is 1. The number of hydrogen-bond donors (Lipinski definition) is 0. The van der Waals surface area contributed by atoms with Crippen LogP contribution >= 0.6 is 0 Å². The molecule has 1 aliphatic heterocycles. The zero-order valence-electron chi connectivity index (χ0n) is 12.2. The fourth-order valence-corrected chi connectivity index (χ4v) is 2.76. The lowest BCUT2D eigenvalue weighted by Crippen LogP contribution is -2.57. The fraction of sp³-hybridized carbons (Fsp3) is 0.800. The van der Waals surface area contributed by atoms with Crippen LogP contribution in [0.1, 0.15) is 45.4 Å². The first-order chi connectivity index (χ1) is 8.64. The summed E-state index contributed by atoms with van der Waals surface area (Å²) in [7, 11) is 3.69. The maximum atomic E-state index is 12.0. The second kappa shape index (κ2) is 7.57. The Balaban J connectivity index is 2.59. The summed E-state index contributed by atoms with van der Waals surface area (Å²) in [6.07, 6.45) is 11.3. The third kappa shape index (κ3) is 4.13. The zero-order chi connectivity index (χ0) is 13.4. The summed E-state index contributed by atoms with van der Waals surface area (Å²) in [6.45, 7) is 4.21. The third-order valence-corrected chi connectivity index (χ3v) is 4.05. The summed E-state index contributed by atoms with van der Waals surface area (Å²) in [5.41, 5.74) is 0. The van der Waals surface area contributed by atoms with Crippen molar-refractivity contribution in [2.24, 2.45) is 0 Å². The molecule has 3 nitrogen and oxygen atoms in total. The maximum Gasteiger partial charge on any atom is 0.364 e. The molecular weight excluding hydrogens is 226 g/mol. The largest absolute Gasteiger partial charge is 0.465 e. The molecule has 0 saturated carbocycles. The fourth-order valence-electron chi connectivity index (χ4n) is 2.76. The quantitative estimate of drug-likeness (QED) is 0.302. The molecule has 0 bridgehead atoms. The van der Waals surface area contributed by atoms with E-state index in [-0.39, 0.29) is 12.0 Å². The molecule has 3 heteroatoms. The third-order valence-electron chi connectivity index (χ3n) is 4.05. The first-order valence-corrected chi connectivity index (χ1v) is 7.21. The molecule has 0 fully saturated rings. The number of carbonyl (C=O) groups excluding carboxylic acids is 1. The van der Waals surface area contributed by atoms with Crippen molar-refractivity contribution in [2.75, 3.05) is 27.2 Å². The number of hydrogen-bond acceptors (Lipinski definition) is 2. The molecule has 1 rings (SSSR count). The number of unbranched alkanes of at least 4 members (excludes halogenated alkanes) is 3. The number of rotatable bonds is 7. The predicted octanol–water partition coefficient (Wildman–Crippen LogP) is 2.90. The standard InChI is InChI=1S/C15H28NO2/c1-4-5-6-8-11-14(15(17)18-3)16(2)12-9-7-10-13-16/h7,9,14H,4-6,8,10-13H2,1-3H3/q+1. The monoisotopic (exact) mass is 254 g/mol. The van der Waals surface area contributed by atoms with E-state index in [1.54, 1.807) is 0 Å². The first-order valence-electron chi connectivity index (χ1n) is 7.21. The molecule has 0 aromatic heterocycles. The lowest BCUT2D eigenvalue weighted by molar-refractivity contribution is -0.921. The van der Waals surface area contributed by atoms with Crippen LogP contribution in [0, 0.1) is 0 Å². The van der Waals surface area contributed by atoms with Crippen molar-refractivity contribution >= 4 is 5.97 Å². The highest BCUT2D eigenvalue weighted by Gasteiger charge is 2.38. The van der Waals surface area contributed by atoms with Crippen LogP contribution < -0.4 is 0 Å². The van der Waals surface area contributed by atoms with Crippen LogP contribution in [0.5, 0.6) is 0 Å². The van der Waals surface area contributed by atoms with Gasteiger partial charge in [0.15, 0.2) is 6.04 Å². The number of likely N-dealkylation sites (N-methyl/N-ethyl adjacent to an activating group) is 1.